The second-order valence-corrected chi connectivity index (χ2v) is 5.60. The smallest absolute Gasteiger partial charge is 0.264 e. The number of hydrogen-bond acceptors (Lipinski definition) is 4. The zero-order valence-electron chi connectivity index (χ0n) is 13.9. The molecule has 0 saturated heterocycles. The quantitative estimate of drug-likeness (QED) is 0.449. The molecular formula is C19H18N4O3. The summed E-state index contributed by atoms with van der Waals surface area (Å²) < 4.78 is 5.76. The van der Waals surface area contributed by atoms with Crippen LogP contribution in [0.25, 0.3) is 0 Å². The van der Waals surface area contributed by atoms with Crippen LogP contribution < -0.4 is 15.7 Å². The van der Waals surface area contributed by atoms with Crippen LogP contribution in [0.3, 0.4) is 0 Å². The van der Waals surface area contributed by atoms with E-state index in [0.29, 0.717) is 18.1 Å². The van der Waals surface area contributed by atoms with E-state index in [1.54, 1.807) is 0 Å². The van der Waals surface area contributed by atoms with E-state index in [0.717, 1.165) is 11.1 Å². The van der Waals surface area contributed by atoms with Crippen molar-refractivity contribution in [3.8, 4) is 5.75 Å². The summed E-state index contributed by atoms with van der Waals surface area (Å²) in [7, 11) is 0. The Balaban J connectivity index is 1.52. The maximum atomic E-state index is 11.8. The fourth-order valence-electron chi connectivity index (χ4n) is 2.28. The van der Waals surface area contributed by atoms with Crippen LogP contribution >= 0.6 is 0 Å². The molecule has 0 saturated carbocycles. The second kappa shape index (κ2) is 8.48. The van der Waals surface area contributed by atoms with Crippen LogP contribution in [0.1, 0.15) is 16.8 Å². The Morgan fingerprint density at radius 2 is 1.92 bits per heavy atom. The summed E-state index contributed by atoms with van der Waals surface area (Å²) in [6.45, 7) is 0.479. The number of carbonyl (C=O) groups is 1. The lowest BCUT2D eigenvalue weighted by Gasteiger charge is -2.06. The van der Waals surface area contributed by atoms with Crippen LogP contribution in [-0.2, 0) is 17.8 Å². The first-order valence-corrected chi connectivity index (χ1v) is 8.04. The van der Waals surface area contributed by atoms with Gasteiger partial charge in [-0.1, -0.05) is 42.5 Å². The van der Waals surface area contributed by atoms with Crippen molar-refractivity contribution in [3.05, 3.63) is 87.8 Å². The zero-order valence-corrected chi connectivity index (χ0v) is 13.9. The van der Waals surface area contributed by atoms with E-state index in [2.05, 4.69) is 20.7 Å². The van der Waals surface area contributed by atoms with Crippen molar-refractivity contribution in [1.82, 2.24) is 15.6 Å². The van der Waals surface area contributed by atoms with Crippen molar-refractivity contribution in [1.29, 1.82) is 0 Å². The molecule has 0 radical (unpaired) electrons. The van der Waals surface area contributed by atoms with Gasteiger partial charge in [-0.25, -0.2) is 5.43 Å². The number of nitrogens with one attached hydrogen (secondary N) is 3. The van der Waals surface area contributed by atoms with Gasteiger partial charge < -0.3 is 9.84 Å². The zero-order chi connectivity index (χ0) is 18.2. The highest BCUT2D eigenvalue weighted by Gasteiger charge is 2.04. The summed E-state index contributed by atoms with van der Waals surface area (Å²) in [5, 5.41) is 8.91. The largest absolute Gasteiger partial charge is 0.489 e. The molecule has 3 N–H and O–H groups in total. The highest BCUT2D eigenvalue weighted by molar-refractivity contribution is 5.83. The summed E-state index contributed by atoms with van der Waals surface area (Å²) in [5.41, 5.74) is 4.53. The first-order chi connectivity index (χ1) is 12.7. The first kappa shape index (κ1) is 17.2. The van der Waals surface area contributed by atoms with Crippen LogP contribution in [0.2, 0.25) is 0 Å². The van der Waals surface area contributed by atoms with Gasteiger partial charge in [0.15, 0.2) is 0 Å². The number of aromatic nitrogens is 2. The van der Waals surface area contributed by atoms with Gasteiger partial charge in [0.25, 0.3) is 5.56 Å². The Labute approximate surface area is 149 Å². The van der Waals surface area contributed by atoms with Crippen LogP contribution in [-0.4, -0.2) is 22.3 Å². The number of hydrazone groups is 1. The number of amides is 1. The lowest BCUT2D eigenvalue weighted by atomic mass is 10.2. The van der Waals surface area contributed by atoms with E-state index < -0.39 is 0 Å². The molecule has 0 unspecified atom stereocenters. The number of hydrogen-bond donors (Lipinski definition) is 3. The molecule has 26 heavy (non-hydrogen) atoms. The highest BCUT2D eigenvalue weighted by atomic mass is 16.5. The number of carbonyl (C=O) groups excluding carboxylic acids is 1. The minimum absolute atomic E-state index is 0.0380. The molecule has 3 rings (SSSR count). The van der Waals surface area contributed by atoms with Crippen molar-refractivity contribution in [2.24, 2.45) is 5.10 Å². The molecule has 0 bridgehead atoms. The minimum Gasteiger partial charge on any atom is -0.489 e. The molecular weight excluding hydrogens is 332 g/mol. The number of benzene rings is 2. The van der Waals surface area contributed by atoms with Crippen LogP contribution in [0.4, 0.5) is 0 Å². The topological polar surface area (TPSA) is 99.3 Å². The molecule has 0 aliphatic carbocycles. The Hall–Kier alpha value is -3.61. The molecule has 0 fully saturated rings. The Bertz CT molecular complexity index is 944. The minimum atomic E-state index is -0.326. The number of aromatic amines is 2. The van der Waals surface area contributed by atoms with E-state index in [9.17, 15) is 9.59 Å². The summed E-state index contributed by atoms with van der Waals surface area (Å²) >= 11 is 0. The maximum absolute atomic E-state index is 11.8. The van der Waals surface area contributed by atoms with Gasteiger partial charge >= 0.3 is 0 Å². The number of rotatable bonds is 7. The van der Waals surface area contributed by atoms with Crippen molar-refractivity contribution in [2.75, 3.05) is 0 Å². The second-order valence-electron chi connectivity index (χ2n) is 5.60. The summed E-state index contributed by atoms with van der Waals surface area (Å²) in [4.78, 5) is 22.7. The van der Waals surface area contributed by atoms with E-state index >= 15 is 0 Å². The molecule has 3 aromatic rings. The molecule has 132 valence electrons. The Morgan fingerprint density at radius 3 is 2.69 bits per heavy atom. The lowest BCUT2D eigenvalue weighted by Crippen LogP contribution is -2.20. The molecule has 0 spiro atoms. The maximum Gasteiger partial charge on any atom is 0.264 e. The van der Waals surface area contributed by atoms with Crippen LogP contribution in [0.5, 0.6) is 5.75 Å². The normalized spacial score (nSPS) is 10.8. The van der Waals surface area contributed by atoms with Crippen molar-refractivity contribution in [2.45, 2.75) is 13.0 Å². The summed E-state index contributed by atoms with van der Waals surface area (Å²) in [5.74, 6) is 0.391. The van der Waals surface area contributed by atoms with Gasteiger partial charge in [-0.3, -0.25) is 14.7 Å². The van der Waals surface area contributed by atoms with Crippen molar-refractivity contribution in [3.63, 3.8) is 0 Å². The number of ether oxygens (including phenoxy) is 1. The standard InChI is InChI=1S/C19H18N4O3/c24-18(10-16-11-19(25)23-21-16)22-20-12-15-7-4-8-17(9-15)26-13-14-5-2-1-3-6-14/h1-9,11-12H,10,13H2,(H,22,24)(H2,21,23,25). The average molecular weight is 350 g/mol. The summed E-state index contributed by atoms with van der Waals surface area (Å²) in [6, 6.07) is 18.6. The molecule has 1 aromatic heterocycles. The highest BCUT2D eigenvalue weighted by Crippen LogP contribution is 2.14. The molecule has 1 amide bonds. The molecule has 0 aliphatic rings. The van der Waals surface area contributed by atoms with Gasteiger partial charge in [-0.05, 0) is 23.3 Å². The molecule has 1 heterocycles. The molecule has 2 aromatic carbocycles. The third kappa shape index (κ3) is 5.20. The predicted molar refractivity (Wildman–Crippen MR) is 98.1 cm³/mol. The molecule has 7 heteroatoms. The monoisotopic (exact) mass is 350 g/mol. The van der Waals surface area contributed by atoms with Gasteiger partial charge in [-0.2, -0.15) is 5.10 Å². The van der Waals surface area contributed by atoms with E-state index in [4.69, 9.17) is 4.74 Å². The number of nitrogens with zero attached hydrogens (tertiary/aromatic N) is 1. The van der Waals surface area contributed by atoms with Crippen molar-refractivity contribution >= 4 is 12.1 Å². The summed E-state index contributed by atoms with van der Waals surface area (Å²) in [6.07, 6.45) is 1.57. The fourth-order valence-corrected chi connectivity index (χ4v) is 2.28. The SMILES string of the molecule is O=C(Cc1cc(=O)[nH][nH]1)NN=Cc1cccc(OCc2ccccc2)c1. The Kier molecular flexibility index (Phi) is 5.61. The van der Waals surface area contributed by atoms with E-state index in [1.807, 2.05) is 54.6 Å². The van der Waals surface area contributed by atoms with Gasteiger partial charge in [0.05, 0.1) is 12.6 Å². The van der Waals surface area contributed by atoms with Gasteiger partial charge in [-0.15, -0.1) is 0 Å². The van der Waals surface area contributed by atoms with Crippen molar-refractivity contribution < 1.29 is 9.53 Å². The van der Waals surface area contributed by atoms with Crippen LogP contribution in [0.15, 0.2) is 70.6 Å². The van der Waals surface area contributed by atoms with Gasteiger partial charge in [0.2, 0.25) is 5.91 Å². The third-order valence-corrected chi connectivity index (χ3v) is 3.51. The van der Waals surface area contributed by atoms with E-state index in [-0.39, 0.29) is 17.9 Å². The fraction of sp³-hybridized carbons (Fsp3) is 0.105. The molecule has 0 atom stereocenters. The third-order valence-electron chi connectivity index (χ3n) is 3.51. The molecule has 7 nitrogen and oxygen atoms in total. The van der Waals surface area contributed by atoms with Crippen LogP contribution in [0, 0.1) is 0 Å². The van der Waals surface area contributed by atoms with E-state index in [1.165, 1.54) is 12.3 Å². The predicted octanol–water partition coefficient (Wildman–Crippen LogP) is 1.97. The Morgan fingerprint density at radius 1 is 1.08 bits per heavy atom. The average Bonchev–Trinajstić information content (AvgIpc) is 3.06. The first-order valence-electron chi connectivity index (χ1n) is 8.04. The van der Waals surface area contributed by atoms with Gasteiger partial charge in [0, 0.05) is 11.8 Å². The molecule has 0 aliphatic heterocycles. The van der Waals surface area contributed by atoms with Gasteiger partial charge in [0.1, 0.15) is 12.4 Å². The lowest BCUT2D eigenvalue weighted by molar-refractivity contribution is -0.120. The number of H-pyrrole nitrogens is 2.